The number of rotatable bonds is 4. The third-order valence-corrected chi connectivity index (χ3v) is 7.86. The van der Waals surface area contributed by atoms with Crippen molar-refractivity contribution in [1.82, 2.24) is 14.8 Å². The van der Waals surface area contributed by atoms with Crippen molar-refractivity contribution < 1.29 is 9.53 Å². The number of carbonyl (C=O) groups excluding carboxylic acids is 1. The summed E-state index contributed by atoms with van der Waals surface area (Å²) < 4.78 is 6.20. The third-order valence-electron chi connectivity index (χ3n) is 6.72. The molecule has 3 aliphatic rings. The van der Waals surface area contributed by atoms with E-state index in [9.17, 15) is 4.79 Å². The van der Waals surface area contributed by atoms with Crippen LogP contribution in [-0.2, 0) is 17.8 Å². The highest BCUT2D eigenvalue weighted by Crippen LogP contribution is 2.36. The molecule has 1 amide bonds. The van der Waals surface area contributed by atoms with Gasteiger partial charge in [-0.05, 0) is 50.6 Å². The van der Waals surface area contributed by atoms with Crippen LogP contribution in [0.2, 0.25) is 0 Å². The third kappa shape index (κ3) is 3.80. The Morgan fingerprint density at radius 3 is 2.69 bits per heavy atom. The Bertz CT molecular complexity index is 888. The fourth-order valence-electron chi connectivity index (χ4n) is 4.86. The van der Waals surface area contributed by atoms with Crippen LogP contribution in [0.1, 0.15) is 50.1 Å². The van der Waals surface area contributed by atoms with Crippen LogP contribution in [0.25, 0.3) is 10.6 Å². The number of aromatic nitrogens is 1. The molecule has 6 heteroatoms. The smallest absolute Gasteiger partial charge is 0.219 e. The van der Waals surface area contributed by atoms with E-state index in [2.05, 4.69) is 36.1 Å². The van der Waals surface area contributed by atoms with Crippen LogP contribution in [0, 0.1) is 0 Å². The molecule has 1 saturated carbocycles. The molecule has 0 spiro atoms. The van der Waals surface area contributed by atoms with Gasteiger partial charge in [0.15, 0.2) is 0 Å². The number of carbonyl (C=O) groups is 1. The first-order chi connectivity index (χ1) is 14.1. The number of benzene rings is 1. The molecular formula is C23H29N3O2S. The van der Waals surface area contributed by atoms with Gasteiger partial charge in [0.25, 0.3) is 0 Å². The highest BCUT2D eigenvalue weighted by atomic mass is 32.1. The Morgan fingerprint density at radius 1 is 1.21 bits per heavy atom. The van der Waals surface area contributed by atoms with E-state index in [0.717, 1.165) is 53.9 Å². The predicted octanol–water partition coefficient (Wildman–Crippen LogP) is 4.11. The standard InChI is InChI=1S/C23H29N3O2S/c1-15-4-3-10-26(15)18-12-20(13-18)28-19-7-5-17(6-8-19)23-24-21-9-11-25(16(2)27)14-22(21)29-23/h5-8,15,18,20H,3-4,9-14H2,1-2H3/t15?,18-,20-. The number of thiazole rings is 1. The van der Waals surface area contributed by atoms with Gasteiger partial charge in [0.2, 0.25) is 5.91 Å². The number of nitrogens with zero attached hydrogens (tertiary/aromatic N) is 3. The zero-order valence-corrected chi connectivity index (χ0v) is 18.1. The second kappa shape index (κ2) is 7.73. The average Bonchev–Trinajstić information content (AvgIpc) is 3.30. The van der Waals surface area contributed by atoms with Gasteiger partial charge < -0.3 is 9.64 Å². The van der Waals surface area contributed by atoms with Crippen molar-refractivity contribution >= 4 is 17.2 Å². The normalized spacial score (nSPS) is 26.8. The van der Waals surface area contributed by atoms with Gasteiger partial charge in [-0.25, -0.2) is 4.98 Å². The lowest BCUT2D eigenvalue weighted by molar-refractivity contribution is -0.129. The largest absolute Gasteiger partial charge is 0.490 e. The molecule has 1 aromatic heterocycles. The molecule has 5 nitrogen and oxygen atoms in total. The summed E-state index contributed by atoms with van der Waals surface area (Å²) in [4.78, 5) is 22.3. The van der Waals surface area contributed by atoms with E-state index in [1.807, 2.05) is 4.90 Å². The van der Waals surface area contributed by atoms with Gasteiger partial charge >= 0.3 is 0 Å². The van der Waals surface area contributed by atoms with E-state index in [-0.39, 0.29) is 5.91 Å². The number of hydrogen-bond donors (Lipinski definition) is 0. The number of fused-ring (bicyclic) bond motifs is 1. The minimum atomic E-state index is 0.143. The molecule has 2 fully saturated rings. The Balaban J connectivity index is 1.19. The molecule has 1 aliphatic carbocycles. The van der Waals surface area contributed by atoms with E-state index in [1.165, 1.54) is 24.3 Å². The van der Waals surface area contributed by atoms with Gasteiger partial charge in [0, 0.05) is 55.3 Å². The first kappa shape index (κ1) is 19.1. The van der Waals surface area contributed by atoms with Gasteiger partial charge in [-0.15, -0.1) is 11.3 Å². The van der Waals surface area contributed by atoms with Crippen molar-refractivity contribution in [1.29, 1.82) is 0 Å². The van der Waals surface area contributed by atoms with Crippen LogP contribution in [0.5, 0.6) is 5.75 Å². The van der Waals surface area contributed by atoms with Gasteiger partial charge in [-0.2, -0.15) is 0 Å². The summed E-state index contributed by atoms with van der Waals surface area (Å²) in [5.41, 5.74) is 2.28. The maximum atomic E-state index is 11.6. The average molecular weight is 412 g/mol. The van der Waals surface area contributed by atoms with Gasteiger partial charge in [0.1, 0.15) is 16.9 Å². The molecule has 2 aromatic rings. The molecule has 2 aliphatic heterocycles. The fourth-order valence-corrected chi connectivity index (χ4v) is 5.99. The molecule has 1 atom stereocenters. The zero-order chi connectivity index (χ0) is 20.0. The lowest BCUT2D eigenvalue weighted by atomic mass is 9.87. The topological polar surface area (TPSA) is 45.7 Å². The van der Waals surface area contributed by atoms with Crippen LogP contribution in [-0.4, -0.2) is 52.0 Å². The summed E-state index contributed by atoms with van der Waals surface area (Å²) in [6, 6.07) is 9.83. The number of amides is 1. The molecule has 0 bridgehead atoms. The maximum absolute atomic E-state index is 11.6. The SMILES string of the molecule is CC(=O)N1CCc2nc(-c3ccc(O[C@H]4C[C@H](N5CCCC5C)C4)cc3)sc2C1. The Labute approximate surface area is 176 Å². The molecule has 29 heavy (non-hydrogen) atoms. The fraction of sp³-hybridized carbons (Fsp3) is 0.565. The summed E-state index contributed by atoms with van der Waals surface area (Å²) >= 11 is 1.71. The maximum Gasteiger partial charge on any atom is 0.219 e. The zero-order valence-electron chi connectivity index (χ0n) is 17.3. The first-order valence-corrected chi connectivity index (χ1v) is 11.7. The highest BCUT2D eigenvalue weighted by Gasteiger charge is 2.38. The van der Waals surface area contributed by atoms with E-state index < -0.39 is 0 Å². The quantitative estimate of drug-likeness (QED) is 0.760. The predicted molar refractivity (Wildman–Crippen MR) is 115 cm³/mol. The first-order valence-electron chi connectivity index (χ1n) is 10.8. The van der Waals surface area contributed by atoms with Crippen LogP contribution in [0.15, 0.2) is 24.3 Å². The summed E-state index contributed by atoms with van der Waals surface area (Å²) in [7, 11) is 0. The number of hydrogen-bond acceptors (Lipinski definition) is 5. The van der Waals surface area contributed by atoms with E-state index in [0.29, 0.717) is 18.7 Å². The Morgan fingerprint density at radius 2 is 2.00 bits per heavy atom. The van der Waals surface area contributed by atoms with Crippen LogP contribution < -0.4 is 4.74 Å². The van der Waals surface area contributed by atoms with Crippen LogP contribution >= 0.6 is 11.3 Å². The van der Waals surface area contributed by atoms with E-state index in [1.54, 1.807) is 18.3 Å². The van der Waals surface area contributed by atoms with Gasteiger partial charge in [-0.1, -0.05) is 0 Å². The highest BCUT2D eigenvalue weighted by molar-refractivity contribution is 7.15. The van der Waals surface area contributed by atoms with Crippen LogP contribution in [0.3, 0.4) is 0 Å². The minimum Gasteiger partial charge on any atom is -0.490 e. The lowest BCUT2D eigenvalue weighted by Gasteiger charge is -2.42. The monoisotopic (exact) mass is 411 g/mol. The molecule has 1 saturated heterocycles. The van der Waals surface area contributed by atoms with Crippen molar-refractivity contribution in [3.05, 3.63) is 34.8 Å². The number of likely N-dealkylation sites (tertiary alicyclic amines) is 1. The Hall–Kier alpha value is -1.92. The van der Waals surface area contributed by atoms with Crippen molar-refractivity contribution in [2.24, 2.45) is 0 Å². The second-order valence-electron chi connectivity index (χ2n) is 8.70. The minimum absolute atomic E-state index is 0.143. The molecule has 5 rings (SSSR count). The summed E-state index contributed by atoms with van der Waals surface area (Å²) in [6.45, 7) is 6.73. The van der Waals surface area contributed by atoms with Crippen molar-refractivity contribution in [2.75, 3.05) is 13.1 Å². The molecule has 0 N–H and O–H groups in total. The van der Waals surface area contributed by atoms with Crippen molar-refractivity contribution in [3.63, 3.8) is 0 Å². The molecule has 3 heterocycles. The summed E-state index contributed by atoms with van der Waals surface area (Å²) in [5, 5.41) is 1.04. The molecule has 1 aromatic carbocycles. The number of ether oxygens (including phenoxy) is 1. The van der Waals surface area contributed by atoms with Crippen LogP contribution in [0.4, 0.5) is 0 Å². The molecular weight excluding hydrogens is 382 g/mol. The van der Waals surface area contributed by atoms with Gasteiger partial charge in [0.05, 0.1) is 12.2 Å². The van der Waals surface area contributed by atoms with E-state index in [4.69, 9.17) is 9.72 Å². The second-order valence-corrected chi connectivity index (χ2v) is 9.78. The van der Waals surface area contributed by atoms with E-state index >= 15 is 0 Å². The molecule has 1 unspecified atom stereocenters. The lowest BCUT2D eigenvalue weighted by Crippen LogP contribution is -2.50. The van der Waals surface area contributed by atoms with Crippen molar-refractivity contribution in [2.45, 2.75) is 70.7 Å². The van der Waals surface area contributed by atoms with Gasteiger partial charge in [-0.3, -0.25) is 9.69 Å². The van der Waals surface area contributed by atoms with Crippen molar-refractivity contribution in [3.8, 4) is 16.3 Å². The summed E-state index contributed by atoms with van der Waals surface area (Å²) in [5.74, 6) is 1.10. The molecule has 0 radical (unpaired) electrons. The summed E-state index contributed by atoms with van der Waals surface area (Å²) in [6.07, 6.45) is 6.19. The Kier molecular flexibility index (Phi) is 5.08. The molecule has 154 valence electrons.